The molecule has 0 fully saturated rings. The van der Waals surface area contributed by atoms with Crippen molar-refractivity contribution in [1.82, 2.24) is 4.98 Å². The monoisotopic (exact) mass is 322 g/mol. The molecule has 0 amide bonds. The molecule has 1 heterocycles. The number of anilines is 3. The van der Waals surface area contributed by atoms with Crippen LogP contribution in [0.4, 0.5) is 23.0 Å². The Morgan fingerprint density at radius 3 is 2.74 bits per heavy atom. The van der Waals surface area contributed by atoms with Gasteiger partial charge in [-0.3, -0.25) is 10.1 Å². The van der Waals surface area contributed by atoms with Gasteiger partial charge in [-0.1, -0.05) is 15.9 Å². The van der Waals surface area contributed by atoms with Gasteiger partial charge < -0.3 is 11.1 Å². The second-order valence-electron chi connectivity index (χ2n) is 3.95. The van der Waals surface area contributed by atoms with Crippen LogP contribution in [0.1, 0.15) is 5.56 Å². The van der Waals surface area contributed by atoms with Gasteiger partial charge in [-0.2, -0.15) is 0 Å². The number of halogens is 1. The van der Waals surface area contributed by atoms with Gasteiger partial charge in [-0.15, -0.1) is 0 Å². The molecule has 0 atom stereocenters. The molecule has 0 radical (unpaired) electrons. The number of aryl methyl sites for hydroxylation is 1. The number of nitrogen functional groups attached to an aromatic ring is 1. The van der Waals surface area contributed by atoms with Crippen LogP contribution in [0.2, 0.25) is 0 Å². The third-order valence-corrected chi connectivity index (χ3v) is 3.03. The minimum absolute atomic E-state index is 0.114. The predicted octanol–water partition coefficient (Wildman–Crippen LogP) is 3.39. The van der Waals surface area contributed by atoms with E-state index in [1.807, 2.05) is 25.1 Å². The minimum atomic E-state index is -0.497. The molecule has 0 aliphatic carbocycles. The molecule has 3 N–H and O–H groups in total. The first kappa shape index (κ1) is 13.3. The zero-order valence-electron chi connectivity index (χ0n) is 10.1. The molecule has 2 aromatic rings. The fourth-order valence-corrected chi connectivity index (χ4v) is 2.08. The summed E-state index contributed by atoms with van der Waals surface area (Å²) in [5, 5.41) is 13.9. The summed E-state index contributed by atoms with van der Waals surface area (Å²) in [5.41, 5.74) is 7.13. The number of benzene rings is 1. The molecule has 6 nitrogen and oxygen atoms in total. The molecule has 1 aromatic heterocycles. The highest BCUT2D eigenvalue weighted by molar-refractivity contribution is 9.10. The molecule has 0 bridgehead atoms. The van der Waals surface area contributed by atoms with Gasteiger partial charge in [0.1, 0.15) is 5.82 Å². The second-order valence-corrected chi connectivity index (χ2v) is 4.86. The quantitative estimate of drug-likeness (QED) is 0.667. The first-order valence-electron chi connectivity index (χ1n) is 5.41. The number of hydrogen-bond donors (Lipinski definition) is 2. The Morgan fingerprint density at radius 1 is 1.37 bits per heavy atom. The first-order valence-corrected chi connectivity index (χ1v) is 6.21. The van der Waals surface area contributed by atoms with E-state index in [1.54, 1.807) is 0 Å². The van der Waals surface area contributed by atoms with Crippen LogP contribution >= 0.6 is 15.9 Å². The zero-order chi connectivity index (χ0) is 14.0. The molecule has 0 aliphatic rings. The summed E-state index contributed by atoms with van der Waals surface area (Å²) >= 11 is 3.36. The van der Waals surface area contributed by atoms with Crippen molar-refractivity contribution in [3.05, 3.63) is 50.5 Å². The zero-order valence-corrected chi connectivity index (χ0v) is 11.6. The maximum Gasteiger partial charge on any atom is 0.311 e. The van der Waals surface area contributed by atoms with Gasteiger partial charge in [0.15, 0.2) is 0 Å². The van der Waals surface area contributed by atoms with Crippen LogP contribution < -0.4 is 11.1 Å². The van der Waals surface area contributed by atoms with Crippen molar-refractivity contribution in [3.63, 3.8) is 0 Å². The Kier molecular flexibility index (Phi) is 3.66. The summed E-state index contributed by atoms with van der Waals surface area (Å²) in [6, 6.07) is 8.29. The molecule has 0 unspecified atom stereocenters. The van der Waals surface area contributed by atoms with Crippen LogP contribution in [0.3, 0.4) is 0 Å². The van der Waals surface area contributed by atoms with Crippen molar-refractivity contribution in [2.45, 2.75) is 6.92 Å². The van der Waals surface area contributed by atoms with Crippen LogP contribution in [0, 0.1) is 17.0 Å². The molecule has 1 aromatic carbocycles. The number of nitrogens with zero attached hydrogens (tertiary/aromatic N) is 2. The second kappa shape index (κ2) is 5.23. The Balaban J connectivity index is 2.42. The first-order chi connectivity index (χ1) is 8.97. The molecule has 0 saturated carbocycles. The summed E-state index contributed by atoms with van der Waals surface area (Å²) in [6.07, 6.45) is 0. The van der Waals surface area contributed by atoms with Crippen LogP contribution in [0.25, 0.3) is 0 Å². The molecule has 98 valence electrons. The average Bonchev–Trinajstić information content (AvgIpc) is 2.32. The number of nitrogens with two attached hydrogens (primary N) is 1. The van der Waals surface area contributed by atoms with E-state index >= 15 is 0 Å². The van der Waals surface area contributed by atoms with Crippen molar-refractivity contribution in [3.8, 4) is 0 Å². The van der Waals surface area contributed by atoms with Crippen LogP contribution in [0.5, 0.6) is 0 Å². The molecule has 2 rings (SSSR count). The maximum atomic E-state index is 10.9. The Bertz CT molecular complexity index is 646. The van der Waals surface area contributed by atoms with Crippen LogP contribution in [0.15, 0.2) is 34.8 Å². The van der Waals surface area contributed by atoms with Gasteiger partial charge in [-0.25, -0.2) is 4.98 Å². The molecule has 0 saturated heterocycles. The Morgan fingerprint density at radius 2 is 2.11 bits per heavy atom. The summed E-state index contributed by atoms with van der Waals surface area (Å²) < 4.78 is 0.936. The largest absolute Gasteiger partial charge is 0.384 e. The van der Waals surface area contributed by atoms with Crippen LogP contribution in [-0.2, 0) is 0 Å². The number of nitrogens with one attached hydrogen (secondary N) is 1. The standard InChI is InChI=1S/C12H11BrN4O2/c1-7-6-8(13)2-3-9(7)15-12-10(17(18)19)4-5-11(14)16-12/h2-6H,1H3,(H3,14,15,16). The van der Waals surface area contributed by atoms with Crippen LogP contribution in [-0.4, -0.2) is 9.91 Å². The molecule has 19 heavy (non-hydrogen) atoms. The fourth-order valence-electron chi connectivity index (χ4n) is 1.60. The van der Waals surface area contributed by atoms with E-state index in [0.717, 1.165) is 15.7 Å². The van der Waals surface area contributed by atoms with E-state index in [2.05, 4.69) is 26.2 Å². The summed E-state index contributed by atoms with van der Waals surface area (Å²) in [5.74, 6) is 0.360. The third kappa shape index (κ3) is 3.00. The minimum Gasteiger partial charge on any atom is -0.384 e. The van der Waals surface area contributed by atoms with E-state index in [4.69, 9.17) is 5.73 Å². The lowest BCUT2D eigenvalue weighted by atomic mass is 10.2. The smallest absolute Gasteiger partial charge is 0.311 e. The maximum absolute atomic E-state index is 10.9. The predicted molar refractivity (Wildman–Crippen MR) is 77.5 cm³/mol. The number of pyridine rings is 1. The van der Waals surface area contributed by atoms with E-state index < -0.39 is 4.92 Å². The average molecular weight is 323 g/mol. The van der Waals surface area contributed by atoms with Crippen molar-refractivity contribution in [2.24, 2.45) is 0 Å². The molecule has 7 heteroatoms. The van der Waals surface area contributed by atoms with E-state index in [-0.39, 0.29) is 17.3 Å². The van der Waals surface area contributed by atoms with Gasteiger partial charge in [0.2, 0.25) is 5.82 Å². The third-order valence-electron chi connectivity index (χ3n) is 2.53. The highest BCUT2D eigenvalue weighted by Gasteiger charge is 2.16. The number of aromatic nitrogens is 1. The number of hydrogen-bond acceptors (Lipinski definition) is 5. The lowest BCUT2D eigenvalue weighted by Crippen LogP contribution is -2.02. The van der Waals surface area contributed by atoms with Gasteiger partial charge in [-0.05, 0) is 36.8 Å². The van der Waals surface area contributed by atoms with Crippen molar-refractivity contribution < 1.29 is 4.92 Å². The number of nitro groups is 1. The van der Waals surface area contributed by atoms with Gasteiger partial charge in [0.05, 0.1) is 4.92 Å². The number of rotatable bonds is 3. The van der Waals surface area contributed by atoms with Crippen molar-refractivity contribution in [2.75, 3.05) is 11.1 Å². The highest BCUT2D eigenvalue weighted by Crippen LogP contribution is 2.29. The van der Waals surface area contributed by atoms with E-state index in [0.29, 0.717) is 0 Å². The molecule has 0 spiro atoms. The molecular weight excluding hydrogens is 312 g/mol. The van der Waals surface area contributed by atoms with Crippen molar-refractivity contribution in [1.29, 1.82) is 0 Å². The van der Waals surface area contributed by atoms with Gasteiger partial charge >= 0.3 is 5.69 Å². The van der Waals surface area contributed by atoms with Crippen molar-refractivity contribution >= 4 is 38.9 Å². The summed E-state index contributed by atoms with van der Waals surface area (Å²) in [6.45, 7) is 1.89. The SMILES string of the molecule is Cc1cc(Br)ccc1Nc1nc(N)ccc1[N+](=O)[O-]. The normalized spacial score (nSPS) is 10.2. The highest BCUT2D eigenvalue weighted by atomic mass is 79.9. The fraction of sp³-hybridized carbons (Fsp3) is 0.0833. The van der Waals surface area contributed by atoms with Gasteiger partial charge in [0.25, 0.3) is 0 Å². The summed E-state index contributed by atoms with van der Waals surface area (Å²) in [4.78, 5) is 14.4. The topological polar surface area (TPSA) is 94.1 Å². The Hall–Kier alpha value is -2.15. The summed E-state index contributed by atoms with van der Waals surface area (Å²) in [7, 11) is 0. The Labute approximate surface area is 117 Å². The molecular formula is C12H11BrN4O2. The van der Waals surface area contributed by atoms with Gasteiger partial charge in [0, 0.05) is 16.2 Å². The lowest BCUT2D eigenvalue weighted by molar-refractivity contribution is -0.384. The lowest BCUT2D eigenvalue weighted by Gasteiger charge is -2.09. The van der Waals surface area contributed by atoms with E-state index in [1.165, 1.54) is 12.1 Å². The molecule has 0 aliphatic heterocycles. The van der Waals surface area contributed by atoms with E-state index in [9.17, 15) is 10.1 Å².